The van der Waals surface area contributed by atoms with Crippen LogP contribution < -0.4 is 15.6 Å². The van der Waals surface area contributed by atoms with Gasteiger partial charge in [-0.3, -0.25) is 20.4 Å². The van der Waals surface area contributed by atoms with E-state index in [1.165, 1.54) is 4.31 Å². The lowest BCUT2D eigenvalue weighted by Gasteiger charge is -2.32. The number of hydrazine groups is 1. The average molecular weight is 432 g/mol. The Bertz CT molecular complexity index is 995. The molecule has 1 saturated heterocycles. The number of rotatable bonds is 6. The van der Waals surface area contributed by atoms with Crippen molar-refractivity contribution >= 4 is 21.8 Å². The number of nitrogens with zero attached hydrogens (tertiary/aromatic N) is 1. The van der Waals surface area contributed by atoms with E-state index in [0.29, 0.717) is 25.1 Å². The number of ether oxygens (including phenoxy) is 1. The van der Waals surface area contributed by atoms with Crippen LogP contribution in [0.5, 0.6) is 5.75 Å². The fraction of sp³-hybridized carbons (Fsp3) is 0.333. The SMILES string of the molecule is CS(=O)(=O)N1CCCC[C@H]1C(=O)NNC(=O)COc1ccccc1-c1ccccc1. The molecule has 9 heteroatoms. The van der Waals surface area contributed by atoms with Crippen LogP contribution in [0.1, 0.15) is 19.3 Å². The summed E-state index contributed by atoms with van der Waals surface area (Å²) < 4.78 is 30.6. The van der Waals surface area contributed by atoms with E-state index in [2.05, 4.69) is 10.9 Å². The third-order valence-corrected chi connectivity index (χ3v) is 6.13. The summed E-state index contributed by atoms with van der Waals surface area (Å²) in [5.74, 6) is -0.563. The summed E-state index contributed by atoms with van der Waals surface area (Å²) in [6.45, 7) is -0.00513. The fourth-order valence-electron chi connectivity index (χ4n) is 3.41. The third kappa shape index (κ3) is 5.58. The molecule has 0 radical (unpaired) electrons. The van der Waals surface area contributed by atoms with Crippen LogP contribution in [0.15, 0.2) is 54.6 Å². The highest BCUT2D eigenvalue weighted by Crippen LogP contribution is 2.29. The first kappa shape index (κ1) is 21.8. The summed E-state index contributed by atoms with van der Waals surface area (Å²) in [6, 6.07) is 16.2. The van der Waals surface area contributed by atoms with Crippen LogP contribution in [-0.4, -0.2) is 50.0 Å². The van der Waals surface area contributed by atoms with E-state index in [0.717, 1.165) is 23.8 Å². The van der Waals surface area contributed by atoms with Gasteiger partial charge < -0.3 is 4.74 Å². The van der Waals surface area contributed by atoms with Gasteiger partial charge in [-0.25, -0.2) is 8.42 Å². The number of hydrogen-bond acceptors (Lipinski definition) is 5. The van der Waals surface area contributed by atoms with Crippen LogP contribution in [0.4, 0.5) is 0 Å². The van der Waals surface area contributed by atoms with Gasteiger partial charge >= 0.3 is 0 Å². The minimum absolute atomic E-state index is 0.296. The van der Waals surface area contributed by atoms with Crippen LogP contribution >= 0.6 is 0 Å². The zero-order chi connectivity index (χ0) is 21.6. The second-order valence-electron chi connectivity index (χ2n) is 7.07. The number of benzene rings is 2. The zero-order valence-corrected chi connectivity index (χ0v) is 17.5. The van der Waals surface area contributed by atoms with Gasteiger partial charge in [-0.05, 0) is 24.5 Å². The molecule has 0 aliphatic carbocycles. The lowest BCUT2D eigenvalue weighted by Crippen LogP contribution is -2.55. The van der Waals surface area contributed by atoms with Crippen molar-refractivity contribution in [1.82, 2.24) is 15.2 Å². The lowest BCUT2D eigenvalue weighted by molar-refractivity contribution is -0.132. The quantitative estimate of drug-likeness (QED) is 0.678. The van der Waals surface area contributed by atoms with E-state index >= 15 is 0 Å². The molecule has 30 heavy (non-hydrogen) atoms. The Hall–Kier alpha value is -2.91. The van der Waals surface area contributed by atoms with Gasteiger partial charge in [0.2, 0.25) is 10.0 Å². The minimum Gasteiger partial charge on any atom is -0.483 e. The summed E-state index contributed by atoms with van der Waals surface area (Å²) in [5, 5.41) is 0. The maximum atomic E-state index is 12.4. The van der Waals surface area contributed by atoms with Crippen molar-refractivity contribution < 1.29 is 22.7 Å². The number of nitrogens with one attached hydrogen (secondary N) is 2. The first-order valence-corrected chi connectivity index (χ1v) is 11.5. The molecule has 0 bridgehead atoms. The molecule has 160 valence electrons. The summed E-state index contributed by atoms with van der Waals surface area (Å²) >= 11 is 0. The van der Waals surface area contributed by atoms with Crippen molar-refractivity contribution in [3.05, 3.63) is 54.6 Å². The number of carbonyl (C=O) groups is 2. The number of sulfonamides is 1. The molecule has 2 N–H and O–H groups in total. The molecule has 3 rings (SSSR count). The molecular formula is C21H25N3O5S. The molecule has 8 nitrogen and oxygen atoms in total. The molecule has 0 unspecified atom stereocenters. The highest BCUT2D eigenvalue weighted by atomic mass is 32.2. The molecule has 0 spiro atoms. The molecule has 2 aromatic carbocycles. The van der Waals surface area contributed by atoms with Gasteiger partial charge in [0.25, 0.3) is 11.8 Å². The summed E-state index contributed by atoms with van der Waals surface area (Å²) in [6.07, 6.45) is 2.94. The van der Waals surface area contributed by atoms with Crippen LogP contribution in [0.25, 0.3) is 11.1 Å². The molecule has 1 atom stereocenters. The zero-order valence-electron chi connectivity index (χ0n) is 16.7. The topological polar surface area (TPSA) is 105 Å². The molecule has 2 aromatic rings. The number of hydrogen-bond donors (Lipinski definition) is 2. The van der Waals surface area contributed by atoms with Gasteiger partial charge in [0.05, 0.1) is 6.26 Å². The van der Waals surface area contributed by atoms with E-state index in [1.807, 2.05) is 48.5 Å². The summed E-state index contributed by atoms with van der Waals surface area (Å²) in [5.41, 5.74) is 6.41. The molecule has 1 heterocycles. The highest BCUT2D eigenvalue weighted by Gasteiger charge is 2.34. The first-order chi connectivity index (χ1) is 14.4. The second-order valence-corrected chi connectivity index (χ2v) is 9.01. The van der Waals surface area contributed by atoms with E-state index in [1.54, 1.807) is 6.07 Å². The largest absolute Gasteiger partial charge is 0.483 e. The molecule has 2 amide bonds. The summed E-state index contributed by atoms with van der Waals surface area (Å²) in [4.78, 5) is 24.5. The maximum Gasteiger partial charge on any atom is 0.276 e. The number of para-hydroxylation sites is 1. The van der Waals surface area contributed by atoms with Gasteiger partial charge in [0, 0.05) is 12.1 Å². The Morgan fingerprint density at radius 3 is 2.47 bits per heavy atom. The summed E-state index contributed by atoms with van der Waals surface area (Å²) in [7, 11) is -3.50. The highest BCUT2D eigenvalue weighted by molar-refractivity contribution is 7.88. The first-order valence-electron chi connectivity index (χ1n) is 9.69. The van der Waals surface area contributed by atoms with Crippen molar-refractivity contribution in [2.24, 2.45) is 0 Å². The van der Waals surface area contributed by atoms with Gasteiger partial charge in [0.15, 0.2) is 6.61 Å². The fourth-order valence-corrected chi connectivity index (χ4v) is 4.53. The van der Waals surface area contributed by atoms with E-state index in [4.69, 9.17) is 4.74 Å². The van der Waals surface area contributed by atoms with E-state index in [9.17, 15) is 18.0 Å². The maximum absolute atomic E-state index is 12.4. The van der Waals surface area contributed by atoms with Gasteiger partial charge in [-0.2, -0.15) is 4.31 Å². The molecule has 1 fully saturated rings. The Labute approximate surface area is 176 Å². The van der Waals surface area contributed by atoms with Crippen molar-refractivity contribution in [1.29, 1.82) is 0 Å². The van der Waals surface area contributed by atoms with Gasteiger partial charge in [-0.1, -0.05) is 55.0 Å². The van der Waals surface area contributed by atoms with Crippen molar-refractivity contribution in [2.45, 2.75) is 25.3 Å². The molecular weight excluding hydrogens is 406 g/mol. The van der Waals surface area contributed by atoms with Crippen LogP contribution in [0.2, 0.25) is 0 Å². The Morgan fingerprint density at radius 2 is 1.73 bits per heavy atom. The standard InChI is InChI=1S/C21H25N3O5S/c1-30(27,28)24-14-8-7-12-18(24)21(26)23-22-20(25)15-29-19-13-6-5-11-17(19)16-9-3-2-4-10-16/h2-6,9-11,13,18H,7-8,12,14-15H2,1H3,(H,22,25)(H,23,26)/t18-/m0/s1. The lowest BCUT2D eigenvalue weighted by atomic mass is 10.0. The Morgan fingerprint density at radius 1 is 1.03 bits per heavy atom. The Balaban J connectivity index is 1.55. The molecule has 0 aromatic heterocycles. The molecule has 1 aliphatic rings. The van der Waals surface area contributed by atoms with Crippen molar-refractivity contribution in [3.63, 3.8) is 0 Å². The number of amides is 2. The van der Waals surface area contributed by atoms with Gasteiger partial charge in [0.1, 0.15) is 11.8 Å². The minimum atomic E-state index is -3.50. The number of carbonyl (C=O) groups excluding carboxylic acids is 2. The third-order valence-electron chi connectivity index (χ3n) is 4.84. The molecule has 1 aliphatic heterocycles. The van der Waals surface area contributed by atoms with Crippen LogP contribution in [0.3, 0.4) is 0 Å². The smallest absolute Gasteiger partial charge is 0.276 e. The molecule has 0 saturated carbocycles. The van der Waals surface area contributed by atoms with Crippen LogP contribution in [-0.2, 0) is 19.6 Å². The van der Waals surface area contributed by atoms with Crippen molar-refractivity contribution in [3.8, 4) is 16.9 Å². The monoisotopic (exact) mass is 431 g/mol. The predicted octanol–water partition coefficient (Wildman–Crippen LogP) is 1.69. The van der Waals surface area contributed by atoms with E-state index < -0.39 is 27.9 Å². The van der Waals surface area contributed by atoms with Crippen molar-refractivity contribution in [2.75, 3.05) is 19.4 Å². The van der Waals surface area contributed by atoms with Crippen LogP contribution in [0, 0.1) is 0 Å². The normalized spacial score (nSPS) is 17.2. The average Bonchev–Trinajstić information content (AvgIpc) is 2.76. The Kier molecular flexibility index (Phi) is 7.07. The van der Waals surface area contributed by atoms with Gasteiger partial charge in [-0.15, -0.1) is 0 Å². The predicted molar refractivity (Wildman–Crippen MR) is 113 cm³/mol. The number of piperidine rings is 1. The second kappa shape index (κ2) is 9.73. The van der Waals surface area contributed by atoms with E-state index in [-0.39, 0.29) is 6.61 Å².